The minimum atomic E-state index is -1.09. The van der Waals surface area contributed by atoms with E-state index in [1.807, 2.05) is 18.2 Å². The first-order valence-electron chi connectivity index (χ1n) is 16.6. The van der Waals surface area contributed by atoms with Crippen LogP contribution in [0.2, 0.25) is 0 Å². The number of anilines is 1. The van der Waals surface area contributed by atoms with Crippen LogP contribution >= 0.6 is 0 Å². The molecule has 5 amide bonds. The number of nitrogens with zero attached hydrogens (tertiary/aromatic N) is 3. The van der Waals surface area contributed by atoms with Crippen LogP contribution in [-0.2, 0) is 27.2 Å². The minimum Gasteiger partial charge on any atom is -0.379 e. The van der Waals surface area contributed by atoms with Gasteiger partial charge in [-0.3, -0.25) is 14.4 Å². The lowest BCUT2D eigenvalue weighted by atomic mass is 9.88. The van der Waals surface area contributed by atoms with Gasteiger partial charge in [-0.2, -0.15) is 0 Å². The number of amides is 5. The molecule has 2 aliphatic heterocycles. The van der Waals surface area contributed by atoms with Crippen LogP contribution in [0.25, 0.3) is 0 Å². The summed E-state index contributed by atoms with van der Waals surface area (Å²) in [4.78, 5) is 56.3. The lowest BCUT2D eigenvalue weighted by molar-refractivity contribution is -0.132. The highest BCUT2D eigenvalue weighted by Crippen LogP contribution is 2.51. The summed E-state index contributed by atoms with van der Waals surface area (Å²) in [6, 6.07) is 4.55. The number of aromatic nitrogens is 2. The van der Waals surface area contributed by atoms with Gasteiger partial charge < -0.3 is 30.9 Å². The minimum absolute atomic E-state index is 0.0389. The van der Waals surface area contributed by atoms with E-state index in [-0.39, 0.29) is 47.5 Å². The Hall–Kier alpha value is -4.00. The van der Waals surface area contributed by atoms with Gasteiger partial charge in [0.15, 0.2) is 5.69 Å². The van der Waals surface area contributed by atoms with Crippen molar-refractivity contribution >= 4 is 29.4 Å². The van der Waals surface area contributed by atoms with Crippen molar-refractivity contribution in [2.45, 2.75) is 89.4 Å². The molecule has 1 aromatic heterocycles. The number of ether oxygens (including phenoxy) is 1. The second kappa shape index (κ2) is 12.0. The molecule has 4 atom stereocenters. The topological polar surface area (TPSA) is 168 Å². The van der Waals surface area contributed by atoms with Gasteiger partial charge in [-0.05, 0) is 91.1 Å². The number of hydrogen-bond donors (Lipinski definition) is 4. The SMILES string of the molecule is Cc1nonc1C(=O)N[C@H](C(=O)Nc1ccc2c(c1)CC(C(=O)NC1CCOC1)(N1C[C@@H](C(C)C)NC1=O)C2)C(C1CC1)C1CC1. The molecular formula is C33H43N7O6. The molecule has 2 saturated heterocycles. The summed E-state index contributed by atoms with van der Waals surface area (Å²) in [5.74, 6) is 0.102. The molecule has 246 valence electrons. The van der Waals surface area contributed by atoms with Crippen molar-refractivity contribution in [3.05, 3.63) is 40.7 Å². The molecule has 5 aliphatic rings. The first-order chi connectivity index (χ1) is 22.1. The van der Waals surface area contributed by atoms with Crippen LogP contribution in [-0.4, -0.2) is 82.4 Å². The lowest BCUT2D eigenvalue weighted by Crippen LogP contribution is -2.62. The predicted molar refractivity (Wildman–Crippen MR) is 166 cm³/mol. The molecule has 46 heavy (non-hydrogen) atoms. The highest BCUT2D eigenvalue weighted by atomic mass is 16.6. The van der Waals surface area contributed by atoms with Crippen molar-refractivity contribution in [1.29, 1.82) is 0 Å². The van der Waals surface area contributed by atoms with Crippen LogP contribution in [0.15, 0.2) is 22.8 Å². The predicted octanol–water partition coefficient (Wildman–Crippen LogP) is 2.34. The third-order valence-electron chi connectivity index (χ3n) is 10.5. The van der Waals surface area contributed by atoms with Crippen molar-refractivity contribution in [2.75, 3.05) is 25.1 Å². The Morgan fingerprint density at radius 2 is 1.78 bits per heavy atom. The van der Waals surface area contributed by atoms with E-state index in [2.05, 4.69) is 45.4 Å². The van der Waals surface area contributed by atoms with Crippen molar-refractivity contribution in [3.63, 3.8) is 0 Å². The second-order valence-electron chi connectivity index (χ2n) is 14.2. The van der Waals surface area contributed by atoms with Gasteiger partial charge >= 0.3 is 6.03 Å². The van der Waals surface area contributed by atoms with Crippen molar-refractivity contribution < 1.29 is 28.5 Å². The lowest BCUT2D eigenvalue weighted by Gasteiger charge is -2.37. The number of aryl methyl sites for hydroxylation is 1. The van der Waals surface area contributed by atoms with Gasteiger partial charge in [0.2, 0.25) is 11.8 Å². The Morgan fingerprint density at radius 1 is 1.04 bits per heavy atom. The number of hydrogen-bond acceptors (Lipinski definition) is 8. The molecule has 4 N–H and O–H groups in total. The maximum absolute atomic E-state index is 14.1. The molecule has 7 rings (SSSR count). The van der Waals surface area contributed by atoms with Gasteiger partial charge in [0.1, 0.15) is 17.3 Å². The van der Waals surface area contributed by atoms with E-state index in [4.69, 9.17) is 9.37 Å². The average molecular weight is 634 g/mol. The largest absolute Gasteiger partial charge is 0.379 e. The maximum Gasteiger partial charge on any atom is 0.318 e. The molecule has 4 fully saturated rings. The molecule has 2 unspecified atom stereocenters. The van der Waals surface area contributed by atoms with Gasteiger partial charge in [-0.25, -0.2) is 9.42 Å². The molecule has 3 heterocycles. The normalized spacial score (nSPS) is 26.3. The molecule has 13 heteroatoms. The Balaban J connectivity index is 1.13. The monoisotopic (exact) mass is 633 g/mol. The van der Waals surface area contributed by atoms with Gasteiger partial charge in [-0.1, -0.05) is 25.1 Å². The van der Waals surface area contributed by atoms with Crippen LogP contribution in [0.5, 0.6) is 0 Å². The van der Waals surface area contributed by atoms with E-state index in [0.717, 1.165) is 43.2 Å². The Labute approximate surface area is 267 Å². The maximum atomic E-state index is 14.1. The Bertz CT molecular complexity index is 1520. The molecule has 2 aromatic rings. The van der Waals surface area contributed by atoms with Crippen LogP contribution in [0.3, 0.4) is 0 Å². The van der Waals surface area contributed by atoms with Crippen LogP contribution in [0, 0.1) is 30.6 Å². The van der Waals surface area contributed by atoms with E-state index in [0.29, 0.717) is 55.8 Å². The van der Waals surface area contributed by atoms with Crippen molar-refractivity contribution in [1.82, 2.24) is 31.2 Å². The van der Waals surface area contributed by atoms with E-state index in [9.17, 15) is 19.2 Å². The molecule has 13 nitrogen and oxygen atoms in total. The summed E-state index contributed by atoms with van der Waals surface area (Å²) in [5, 5.41) is 19.7. The quantitative estimate of drug-likeness (QED) is 0.293. The molecule has 0 radical (unpaired) electrons. The Morgan fingerprint density at radius 3 is 2.39 bits per heavy atom. The van der Waals surface area contributed by atoms with Gasteiger partial charge in [0.25, 0.3) is 5.91 Å². The van der Waals surface area contributed by atoms with Crippen LogP contribution < -0.4 is 21.3 Å². The summed E-state index contributed by atoms with van der Waals surface area (Å²) in [6.45, 7) is 7.26. The number of benzene rings is 1. The van der Waals surface area contributed by atoms with E-state index < -0.39 is 17.5 Å². The number of rotatable bonds is 11. The zero-order chi connectivity index (χ0) is 32.2. The molecule has 1 aromatic carbocycles. The zero-order valence-corrected chi connectivity index (χ0v) is 26.6. The first kappa shape index (κ1) is 30.6. The molecule has 2 saturated carbocycles. The first-order valence-corrected chi connectivity index (χ1v) is 16.6. The summed E-state index contributed by atoms with van der Waals surface area (Å²) in [7, 11) is 0. The second-order valence-corrected chi connectivity index (χ2v) is 14.2. The van der Waals surface area contributed by atoms with Gasteiger partial charge in [0.05, 0.1) is 18.7 Å². The van der Waals surface area contributed by atoms with E-state index in [1.54, 1.807) is 11.8 Å². The average Bonchev–Trinajstić information content (AvgIpc) is 3.83. The molecule has 0 bridgehead atoms. The standard InChI is InChI=1S/C33H43N7O6/c1-17(2)25-15-40(32(44)36-25)33(31(43)35-24-10-11-45-16-24)13-21-8-9-23(12-22(21)14-33)34-30(42)28(26(19-4-5-19)20-6-7-20)37-29(41)27-18(3)38-46-39-27/h8-9,12,17,19-20,24-26,28H,4-7,10-11,13-16H2,1-3H3,(H,34,42)(H,35,43)(H,36,44)(H,37,41)/t24?,25-,28-,33?/m0/s1. The van der Waals surface area contributed by atoms with Gasteiger partial charge in [0, 0.05) is 31.7 Å². The number of nitrogens with one attached hydrogen (secondary N) is 4. The van der Waals surface area contributed by atoms with Crippen LogP contribution in [0.1, 0.15) is 73.3 Å². The molecular weight excluding hydrogens is 590 g/mol. The van der Waals surface area contributed by atoms with E-state index >= 15 is 0 Å². The Kier molecular flexibility index (Phi) is 7.98. The molecule has 3 aliphatic carbocycles. The number of fused-ring (bicyclic) bond motifs is 1. The summed E-state index contributed by atoms with van der Waals surface area (Å²) < 4.78 is 10.2. The third-order valence-corrected chi connectivity index (χ3v) is 10.5. The van der Waals surface area contributed by atoms with E-state index in [1.165, 1.54) is 0 Å². The highest BCUT2D eigenvalue weighted by molar-refractivity contribution is 6.01. The highest BCUT2D eigenvalue weighted by Gasteiger charge is 2.54. The number of carbonyl (C=O) groups excluding carboxylic acids is 4. The van der Waals surface area contributed by atoms with Crippen LogP contribution in [0.4, 0.5) is 10.5 Å². The number of carbonyl (C=O) groups is 4. The third kappa shape index (κ3) is 5.85. The fourth-order valence-electron chi connectivity index (χ4n) is 7.58. The summed E-state index contributed by atoms with van der Waals surface area (Å²) in [6.07, 6.45) is 5.62. The summed E-state index contributed by atoms with van der Waals surface area (Å²) >= 11 is 0. The van der Waals surface area contributed by atoms with Crippen molar-refractivity contribution in [2.24, 2.45) is 23.7 Å². The number of urea groups is 1. The van der Waals surface area contributed by atoms with Crippen molar-refractivity contribution in [3.8, 4) is 0 Å². The summed E-state index contributed by atoms with van der Waals surface area (Å²) in [5.41, 5.74) is 1.80. The molecule has 0 spiro atoms. The fourth-order valence-corrected chi connectivity index (χ4v) is 7.58. The van der Waals surface area contributed by atoms with Gasteiger partial charge in [-0.15, -0.1) is 0 Å². The fraction of sp³-hybridized carbons (Fsp3) is 0.636. The smallest absolute Gasteiger partial charge is 0.318 e. The zero-order valence-electron chi connectivity index (χ0n) is 26.6.